The first-order chi connectivity index (χ1) is 16.9. The molecule has 2 atom stereocenters. The number of nitrogens with zero attached hydrogens (tertiary/aromatic N) is 2. The lowest BCUT2D eigenvalue weighted by molar-refractivity contribution is -0.137. The van der Waals surface area contributed by atoms with Crippen molar-refractivity contribution in [3.63, 3.8) is 0 Å². The third-order valence-corrected chi connectivity index (χ3v) is 6.53. The second-order valence-corrected chi connectivity index (χ2v) is 9.42. The van der Waals surface area contributed by atoms with Crippen LogP contribution in [0.3, 0.4) is 0 Å². The maximum absolute atomic E-state index is 13.1. The van der Waals surface area contributed by atoms with Gasteiger partial charge in [-0.1, -0.05) is 35.5 Å². The number of oxime groups is 1. The molecule has 0 spiro atoms. The van der Waals surface area contributed by atoms with Gasteiger partial charge < -0.3 is 19.6 Å². The number of hydrogen-bond acceptors (Lipinski definition) is 6. The SMILES string of the molecule is CC1C=CC(C)N1C(=O)CO/N=C1/C=C/CC/C=C/CCOC(=O)c2c(cc(O)cc2C2CC2)C1. The third-order valence-electron chi connectivity index (χ3n) is 6.53. The lowest BCUT2D eigenvalue weighted by Gasteiger charge is -2.25. The van der Waals surface area contributed by atoms with Crippen LogP contribution in [0.25, 0.3) is 0 Å². The van der Waals surface area contributed by atoms with Gasteiger partial charge in [-0.2, -0.15) is 0 Å². The van der Waals surface area contributed by atoms with E-state index < -0.39 is 0 Å². The van der Waals surface area contributed by atoms with Gasteiger partial charge in [0.2, 0.25) is 0 Å². The number of allylic oxidation sites excluding steroid dienone is 3. The topological polar surface area (TPSA) is 88.4 Å². The number of carbonyl (C=O) groups is 2. The van der Waals surface area contributed by atoms with Crippen LogP contribution in [0.2, 0.25) is 0 Å². The van der Waals surface area contributed by atoms with Crippen molar-refractivity contribution < 1.29 is 24.3 Å². The molecule has 1 amide bonds. The van der Waals surface area contributed by atoms with Gasteiger partial charge in [-0.05, 0) is 81.2 Å². The molecule has 1 N–H and O–H groups in total. The highest BCUT2D eigenvalue weighted by Crippen LogP contribution is 2.44. The van der Waals surface area contributed by atoms with E-state index in [0.29, 0.717) is 29.9 Å². The minimum absolute atomic E-state index is 0.0257. The van der Waals surface area contributed by atoms with Crippen LogP contribution >= 0.6 is 0 Å². The van der Waals surface area contributed by atoms with E-state index in [0.717, 1.165) is 31.2 Å². The van der Waals surface area contributed by atoms with Crippen LogP contribution < -0.4 is 0 Å². The zero-order chi connectivity index (χ0) is 24.8. The van der Waals surface area contributed by atoms with Gasteiger partial charge in [-0.3, -0.25) is 4.79 Å². The molecular weight excluding hydrogens is 444 g/mol. The molecule has 7 heteroatoms. The molecule has 2 heterocycles. The predicted octanol–water partition coefficient (Wildman–Crippen LogP) is 4.81. The summed E-state index contributed by atoms with van der Waals surface area (Å²) in [6.07, 6.45) is 16.6. The summed E-state index contributed by atoms with van der Waals surface area (Å²) < 4.78 is 5.58. The number of benzene rings is 1. The van der Waals surface area contributed by atoms with Crippen LogP contribution in [0.15, 0.2) is 53.7 Å². The van der Waals surface area contributed by atoms with Crippen LogP contribution in [0, 0.1) is 0 Å². The quantitative estimate of drug-likeness (QED) is 0.381. The summed E-state index contributed by atoms with van der Waals surface area (Å²) in [5.74, 6) is -0.139. The van der Waals surface area contributed by atoms with E-state index in [9.17, 15) is 14.7 Å². The summed E-state index contributed by atoms with van der Waals surface area (Å²) in [4.78, 5) is 33.0. The molecule has 0 saturated heterocycles. The Balaban J connectivity index is 1.59. The van der Waals surface area contributed by atoms with Gasteiger partial charge in [0.1, 0.15) is 5.75 Å². The predicted molar refractivity (Wildman–Crippen MR) is 134 cm³/mol. The summed E-state index contributed by atoms with van der Waals surface area (Å²) in [5.41, 5.74) is 2.56. The van der Waals surface area contributed by atoms with Crippen molar-refractivity contribution >= 4 is 17.6 Å². The fourth-order valence-corrected chi connectivity index (χ4v) is 4.65. The molecular formula is C28H34N2O5. The Bertz CT molecular complexity index is 1060. The average Bonchev–Trinajstić information content (AvgIpc) is 3.61. The van der Waals surface area contributed by atoms with E-state index >= 15 is 0 Å². The summed E-state index contributed by atoms with van der Waals surface area (Å²) in [6.45, 7) is 4.08. The van der Waals surface area contributed by atoms with E-state index in [1.807, 2.05) is 44.2 Å². The first kappa shape index (κ1) is 24.8. The van der Waals surface area contributed by atoms with Crippen molar-refractivity contribution in [2.45, 2.75) is 70.4 Å². The van der Waals surface area contributed by atoms with Crippen LogP contribution in [0.5, 0.6) is 5.75 Å². The van der Waals surface area contributed by atoms with Crippen molar-refractivity contribution in [2.75, 3.05) is 13.2 Å². The largest absolute Gasteiger partial charge is 0.508 e. The standard InChI is InChI=1S/C28H34N2O5/c1-19-10-11-20(2)30(19)26(32)18-35-29-23-9-7-5-3-4-6-8-14-34-28(33)27-22(15-23)16-24(31)17-25(27)21-12-13-21/h4,6-7,9-11,16-17,19-21,31H,3,5,8,12-15,18H2,1-2H3/b6-4+,9-7+,29-23-. The number of phenolic OH excluding ortho intramolecular Hbond substituents is 1. The lowest BCUT2D eigenvalue weighted by atomic mass is 9.93. The molecule has 1 saturated carbocycles. The van der Waals surface area contributed by atoms with E-state index in [2.05, 4.69) is 11.2 Å². The molecule has 3 aliphatic rings. The Morgan fingerprint density at radius 3 is 2.57 bits per heavy atom. The second-order valence-electron chi connectivity index (χ2n) is 9.42. The summed E-state index contributed by atoms with van der Waals surface area (Å²) in [5, 5.41) is 14.7. The monoisotopic (exact) mass is 478 g/mol. The number of esters is 1. The molecule has 1 aliphatic carbocycles. The van der Waals surface area contributed by atoms with Gasteiger partial charge in [0, 0.05) is 18.5 Å². The molecule has 4 rings (SSSR count). The number of hydrogen-bond donors (Lipinski definition) is 1. The number of cyclic esters (lactones) is 1. The van der Waals surface area contributed by atoms with E-state index in [1.165, 1.54) is 0 Å². The minimum Gasteiger partial charge on any atom is -0.508 e. The van der Waals surface area contributed by atoms with E-state index in [4.69, 9.17) is 9.57 Å². The maximum atomic E-state index is 13.1. The average molecular weight is 479 g/mol. The summed E-state index contributed by atoms with van der Waals surface area (Å²) >= 11 is 0. The minimum atomic E-state index is -0.378. The summed E-state index contributed by atoms with van der Waals surface area (Å²) in [7, 11) is 0. The molecule has 1 aromatic carbocycles. The van der Waals surface area contributed by atoms with E-state index in [1.54, 1.807) is 17.0 Å². The first-order valence-corrected chi connectivity index (χ1v) is 12.5. The molecule has 1 aromatic rings. The Morgan fingerprint density at radius 2 is 1.83 bits per heavy atom. The van der Waals surface area contributed by atoms with Gasteiger partial charge in [-0.25, -0.2) is 4.79 Å². The molecule has 7 nitrogen and oxygen atoms in total. The van der Waals surface area contributed by atoms with Gasteiger partial charge >= 0.3 is 5.97 Å². The number of rotatable bonds is 4. The van der Waals surface area contributed by atoms with Crippen molar-refractivity contribution in [1.29, 1.82) is 0 Å². The Morgan fingerprint density at radius 1 is 1.11 bits per heavy atom. The Labute approximate surface area is 206 Å². The zero-order valence-electron chi connectivity index (χ0n) is 20.5. The molecule has 2 unspecified atom stereocenters. The Hall–Kier alpha value is -3.35. The number of amides is 1. The molecule has 35 heavy (non-hydrogen) atoms. The third kappa shape index (κ3) is 6.41. The second kappa shape index (κ2) is 11.4. The fraction of sp³-hybridized carbons (Fsp3) is 0.464. The highest BCUT2D eigenvalue weighted by Gasteiger charge is 2.31. The molecule has 0 aromatic heterocycles. The number of fused-ring (bicyclic) bond motifs is 1. The highest BCUT2D eigenvalue weighted by molar-refractivity contribution is 6.00. The number of phenols is 1. The normalized spacial score (nSPS) is 26.1. The molecule has 1 fully saturated rings. The van der Waals surface area contributed by atoms with E-state index in [-0.39, 0.29) is 48.7 Å². The van der Waals surface area contributed by atoms with Gasteiger partial charge in [-0.15, -0.1) is 0 Å². The van der Waals surface area contributed by atoms with Crippen LogP contribution in [0.1, 0.15) is 73.4 Å². The highest BCUT2D eigenvalue weighted by atomic mass is 16.6. The maximum Gasteiger partial charge on any atom is 0.338 e. The zero-order valence-corrected chi connectivity index (χ0v) is 20.5. The Kier molecular flexibility index (Phi) is 8.06. The van der Waals surface area contributed by atoms with Gasteiger partial charge in [0.15, 0.2) is 6.61 Å². The first-order valence-electron chi connectivity index (χ1n) is 12.5. The smallest absolute Gasteiger partial charge is 0.338 e. The number of ether oxygens (including phenoxy) is 1. The van der Waals surface area contributed by atoms with Crippen molar-refractivity contribution in [1.82, 2.24) is 4.90 Å². The van der Waals surface area contributed by atoms with Gasteiger partial charge in [0.05, 0.1) is 17.9 Å². The van der Waals surface area contributed by atoms with Crippen molar-refractivity contribution in [2.24, 2.45) is 5.16 Å². The number of aromatic hydroxyl groups is 1. The van der Waals surface area contributed by atoms with Crippen LogP contribution in [-0.4, -0.2) is 52.9 Å². The molecule has 2 aliphatic heterocycles. The molecule has 0 radical (unpaired) electrons. The molecule has 186 valence electrons. The lowest BCUT2D eigenvalue weighted by Crippen LogP contribution is -2.41. The fourth-order valence-electron chi connectivity index (χ4n) is 4.65. The number of carbonyl (C=O) groups excluding carboxylic acids is 2. The van der Waals surface area contributed by atoms with Crippen LogP contribution in [-0.2, 0) is 20.8 Å². The van der Waals surface area contributed by atoms with Crippen molar-refractivity contribution in [3.05, 3.63) is 65.3 Å². The molecule has 0 bridgehead atoms. The van der Waals surface area contributed by atoms with Crippen molar-refractivity contribution in [3.8, 4) is 5.75 Å². The van der Waals surface area contributed by atoms with Gasteiger partial charge in [0.25, 0.3) is 5.91 Å². The summed E-state index contributed by atoms with van der Waals surface area (Å²) in [6, 6.07) is 3.33. The van der Waals surface area contributed by atoms with Crippen LogP contribution in [0.4, 0.5) is 0 Å².